The number of carbonyl (C=O) groups is 1. The van der Waals surface area contributed by atoms with Gasteiger partial charge in [-0.05, 0) is 49.4 Å². The number of amides is 1. The number of hydrogen-bond acceptors (Lipinski definition) is 5. The second-order valence-electron chi connectivity index (χ2n) is 5.06. The number of ether oxygens (including phenoxy) is 2. The van der Waals surface area contributed by atoms with Crippen molar-refractivity contribution in [3.05, 3.63) is 46.9 Å². The van der Waals surface area contributed by atoms with Gasteiger partial charge < -0.3 is 9.47 Å². The van der Waals surface area contributed by atoms with Crippen molar-refractivity contribution in [2.45, 2.75) is 13.0 Å². The summed E-state index contributed by atoms with van der Waals surface area (Å²) in [7, 11) is 1.62. The van der Waals surface area contributed by atoms with Crippen LogP contribution in [0.3, 0.4) is 0 Å². The van der Waals surface area contributed by atoms with E-state index in [1.807, 2.05) is 30.3 Å². The van der Waals surface area contributed by atoms with Crippen molar-refractivity contribution in [3.8, 4) is 11.5 Å². The maximum Gasteiger partial charge on any atom is 0.266 e. The lowest BCUT2D eigenvalue weighted by atomic mass is 10.3. The average Bonchev–Trinajstić information content (AvgIpc) is 2.97. The Hall–Kier alpha value is -2.12. The fourth-order valence-corrected chi connectivity index (χ4v) is 3.22. The molecule has 0 saturated heterocycles. The van der Waals surface area contributed by atoms with Gasteiger partial charge in [-0.25, -0.2) is 4.98 Å². The summed E-state index contributed by atoms with van der Waals surface area (Å²) in [5.41, 5.74) is 0.817. The van der Waals surface area contributed by atoms with Gasteiger partial charge in [-0.1, -0.05) is 27.3 Å². The quantitative estimate of drug-likeness (QED) is 0.678. The van der Waals surface area contributed by atoms with Crippen LogP contribution in [0.1, 0.15) is 6.92 Å². The number of aromatic nitrogens is 1. The topological polar surface area (TPSA) is 60.5 Å². The molecule has 3 rings (SSSR count). The first-order chi connectivity index (χ1) is 11.5. The number of hydrogen-bond donors (Lipinski definition) is 1. The standard InChI is InChI=1S/C17H15BrN2O3S/c1-10(23-12-5-3-11(18)4-6-12)16(21)20-17-19-14-8-7-13(22-2)9-15(14)24-17/h3-10H,1-2H3,(H,19,20,21). The monoisotopic (exact) mass is 406 g/mol. The van der Waals surface area contributed by atoms with Crippen LogP contribution < -0.4 is 14.8 Å². The molecule has 1 aromatic heterocycles. The molecule has 0 aliphatic carbocycles. The zero-order valence-corrected chi connectivity index (χ0v) is 15.5. The predicted molar refractivity (Wildman–Crippen MR) is 99.0 cm³/mol. The minimum Gasteiger partial charge on any atom is -0.497 e. The van der Waals surface area contributed by atoms with E-state index in [1.165, 1.54) is 11.3 Å². The minimum atomic E-state index is -0.632. The average molecular weight is 407 g/mol. The van der Waals surface area contributed by atoms with Crippen molar-refractivity contribution in [2.75, 3.05) is 12.4 Å². The van der Waals surface area contributed by atoms with Gasteiger partial charge in [0.2, 0.25) is 0 Å². The maximum atomic E-state index is 12.3. The Morgan fingerprint density at radius 1 is 1.21 bits per heavy atom. The van der Waals surface area contributed by atoms with E-state index >= 15 is 0 Å². The van der Waals surface area contributed by atoms with E-state index in [4.69, 9.17) is 9.47 Å². The molecule has 5 nitrogen and oxygen atoms in total. The number of carbonyl (C=O) groups excluding carboxylic acids is 1. The van der Waals surface area contributed by atoms with Gasteiger partial charge in [-0.2, -0.15) is 0 Å². The molecule has 1 N–H and O–H groups in total. The van der Waals surface area contributed by atoms with E-state index in [0.717, 1.165) is 20.4 Å². The number of fused-ring (bicyclic) bond motifs is 1. The Balaban J connectivity index is 1.68. The Labute approximate surface area is 151 Å². The summed E-state index contributed by atoms with van der Waals surface area (Å²) in [6.45, 7) is 1.70. The highest BCUT2D eigenvalue weighted by Gasteiger charge is 2.17. The van der Waals surface area contributed by atoms with Crippen molar-refractivity contribution in [1.82, 2.24) is 4.98 Å². The number of rotatable bonds is 5. The molecule has 24 heavy (non-hydrogen) atoms. The summed E-state index contributed by atoms with van der Waals surface area (Å²) >= 11 is 4.76. The van der Waals surface area contributed by atoms with Crippen LogP contribution in [0.2, 0.25) is 0 Å². The fraction of sp³-hybridized carbons (Fsp3) is 0.176. The third-order valence-corrected chi connectivity index (χ3v) is 4.78. The normalized spacial score (nSPS) is 12.0. The number of methoxy groups -OCH3 is 1. The number of anilines is 1. The lowest BCUT2D eigenvalue weighted by Crippen LogP contribution is -2.30. The molecule has 3 aromatic rings. The van der Waals surface area contributed by atoms with Gasteiger partial charge in [0.15, 0.2) is 11.2 Å². The Morgan fingerprint density at radius 3 is 2.62 bits per heavy atom. The largest absolute Gasteiger partial charge is 0.497 e. The SMILES string of the molecule is COc1ccc2nc(NC(=O)C(C)Oc3ccc(Br)cc3)sc2c1. The zero-order valence-electron chi connectivity index (χ0n) is 13.1. The van der Waals surface area contributed by atoms with Gasteiger partial charge in [-0.3, -0.25) is 10.1 Å². The maximum absolute atomic E-state index is 12.3. The van der Waals surface area contributed by atoms with E-state index < -0.39 is 6.10 Å². The third kappa shape index (κ3) is 3.85. The number of halogens is 1. The third-order valence-electron chi connectivity index (χ3n) is 3.32. The molecule has 0 aliphatic heterocycles. The van der Waals surface area contributed by atoms with Crippen LogP contribution in [0.25, 0.3) is 10.2 Å². The van der Waals surface area contributed by atoms with Crippen LogP contribution in [0, 0.1) is 0 Å². The highest BCUT2D eigenvalue weighted by molar-refractivity contribution is 9.10. The van der Waals surface area contributed by atoms with E-state index in [9.17, 15) is 4.79 Å². The second kappa shape index (κ2) is 7.19. The van der Waals surface area contributed by atoms with E-state index in [0.29, 0.717) is 10.9 Å². The molecule has 0 fully saturated rings. The van der Waals surface area contributed by atoms with Gasteiger partial charge in [0.25, 0.3) is 5.91 Å². The molecule has 0 saturated carbocycles. The molecule has 0 bridgehead atoms. The second-order valence-corrected chi connectivity index (χ2v) is 7.00. The number of nitrogens with one attached hydrogen (secondary N) is 1. The van der Waals surface area contributed by atoms with Crippen LogP contribution >= 0.6 is 27.3 Å². The van der Waals surface area contributed by atoms with Crippen LogP contribution in [0.5, 0.6) is 11.5 Å². The van der Waals surface area contributed by atoms with Crippen LogP contribution in [-0.4, -0.2) is 24.1 Å². The van der Waals surface area contributed by atoms with Crippen molar-refractivity contribution in [1.29, 1.82) is 0 Å². The van der Waals surface area contributed by atoms with Crippen LogP contribution in [0.15, 0.2) is 46.9 Å². The number of thiazole rings is 1. The first kappa shape index (κ1) is 16.7. The Bertz CT molecular complexity index is 864. The first-order valence-corrected chi connectivity index (χ1v) is 8.84. The minimum absolute atomic E-state index is 0.246. The lowest BCUT2D eigenvalue weighted by Gasteiger charge is -2.13. The first-order valence-electron chi connectivity index (χ1n) is 7.23. The van der Waals surface area contributed by atoms with E-state index in [1.54, 1.807) is 26.2 Å². The molecule has 1 amide bonds. The summed E-state index contributed by atoms with van der Waals surface area (Å²) in [5, 5.41) is 3.33. The van der Waals surface area contributed by atoms with Crippen molar-refractivity contribution < 1.29 is 14.3 Å². The molecule has 0 aliphatic rings. The van der Waals surface area contributed by atoms with Crippen molar-refractivity contribution >= 4 is 48.5 Å². The van der Waals surface area contributed by atoms with Crippen molar-refractivity contribution in [3.63, 3.8) is 0 Å². The number of nitrogens with zero attached hydrogens (tertiary/aromatic N) is 1. The summed E-state index contributed by atoms with van der Waals surface area (Å²) in [6, 6.07) is 12.9. The summed E-state index contributed by atoms with van der Waals surface area (Å²) < 4.78 is 12.7. The predicted octanol–water partition coefficient (Wildman–Crippen LogP) is 4.47. The molecule has 1 heterocycles. The fourth-order valence-electron chi connectivity index (χ4n) is 2.06. The van der Waals surface area contributed by atoms with E-state index in [2.05, 4.69) is 26.2 Å². The van der Waals surface area contributed by atoms with Crippen LogP contribution in [-0.2, 0) is 4.79 Å². The molecule has 0 spiro atoms. The lowest BCUT2D eigenvalue weighted by molar-refractivity contribution is -0.122. The molecular formula is C17H15BrN2O3S. The van der Waals surface area contributed by atoms with Gasteiger partial charge in [0, 0.05) is 4.47 Å². The van der Waals surface area contributed by atoms with E-state index in [-0.39, 0.29) is 5.91 Å². The summed E-state index contributed by atoms with van der Waals surface area (Å²) in [5.74, 6) is 1.15. The highest BCUT2D eigenvalue weighted by atomic mass is 79.9. The van der Waals surface area contributed by atoms with Crippen LogP contribution in [0.4, 0.5) is 5.13 Å². The summed E-state index contributed by atoms with van der Waals surface area (Å²) in [4.78, 5) is 16.7. The Kier molecular flexibility index (Phi) is 5.01. The van der Waals surface area contributed by atoms with Crippen molar-refractivity contribution in [2.24, 2.45) is 0 Å². The highest BCUT2D eigenvalue weighted by Crippen LogP contribution is 2.29. The van der Waals surface area contributed by atoms with Gasteiger partial charge >= 0.3 is 0 Å². The molecular weight excluding hydrogens is 392 g/mol. The summed E-state index contributed by atoms with van der Waals surface area (Å²) in [6.07, 6.45) is -0.632. The van der Waals surface area contributed by atoms with Gasteiger partial charge in [-0.15, -0.1) is 0 Å². The molecule has 1 atom stereocenters. The van der Waals surface area contributed by atoms with Gasteiger partial charge in [0.05, 0.1) is 17.3 Å². The van der Waals surface area contributed by atoms with Gasteiger partial charge in [0.1, 0.15) is 11.5 Å². The molecule has 7 heteroatoms. The smallest absolute Gasteiger partial charge is 0.266 e. The number of benzene rings is 2. The molecule has 2 aromatic carbocycles. The zero-order chi connectivity index (χ0) is 17.1. The molecule has 1 unspecified atom stereocenters. The molecule has 124 valence electrons. The Morgan fingerprint density at radius 2 is 1.92 bits per heavy atom. The molecule has 0 radical (unpaired) electrons.